The van der Waals surface area contributed by atoms with Gasteiger partial charge in [0.1, 0.15) is 0 Å². The summed E-state index contributed by atoms with van der Waals surface area (Å²) in [5, 5.41) is 2.72. The van der Waals surface area contributed by atoms with Crippen molar-refractivity contribution in [2.45, 2.75) is 38.5 Å². The Morgan fingerprint density at radius 1 is 0.971 bits per heavy atom. The van der Waals surface area contributed by atoms with Gasteiger partial charge in [-0.15, -0.1) is 0 Å². The maximum absolute atomic E-state index is 12.9. The molecule has 0 radical (unpaired) electrons. The summed E-state index contributed by atoms with van der Waals surface area (Å²) in [5.41, 5.74) is 6.35. The number of rotatable bonds is 7. The van der Waals surface area contributed by atoms with E-state index in [1.807, 2.05) is 0 Å². The van der Waals surface area contributed by atoms with Crippen molar-refractivity contribution in [1.82, 2.24) is 19.8 Å². The van der Waals surface area contributed by atoms with E-state index in [1.54, 1.807) is 28.1 Å². The van der Waals surface area contributed by atoms with Gasteiger partial charge in [-0.2, -0.15) is 0 Å². The van der Waals surface area contributed by atoms with E-state index in [2.05, 4.69) is 15.3 Å². The maximum atomic E-state index is 12.9. The Labute approximate surface area is 204 Å². The molecule has 35 heavy (non-hydrogen) atoms. The molecule has 2 aromatic rings. The predicted molar refractivity (Wildman–Crippen MR) is 130 cm³/mol. The average Bonchev–Trinajstić information content (AvgIpc) is 2.89. The second-order valence-corrected chi connectivity index (χ2v) is 9.06. The van der Waals surface area contributed by atoms with Crippen LogP contribution in [0.3, 0.4) is 0 Å². The monoisotopic (exact) mass is 480 g/mol. The number of nitrogens with one attached hydrogen (secondary N) is 1. The van der Waals surface area contributed by atoms with Gasteiger partial charge in [0.2, 0.25) is 11.8 Å². The Morgan fingerprint density at radius 2 is 1.71 bits per heavy atom. The molecule has 1 saturated heterocycles. The van der Waals surface area contributed by atoms with Gasteiger partial charge in [0, 0.05) is 44.6 Å². The molecule has 1 saturated carbocycles. The molecule has 10 heteroatoms. The van der Waals surface area contributed by atoms with Gasteiger partial charge in [-0.3, -0.25) is 14.6 Å². The molecule has 1 aliphatic heterocycles. The topological polar surface area (TPSA) is 131 Å². The summed E-state index contributed by atoms with van der Waals surface area (Å²) in [5.74, 6) is 0.551. The number of hydrogen-bond donors (Lipinski definition) is 2. The van der Waals surface area contributed by atoms with Gasteiger partial charge in [-0.25, -0.2) is 9.78 Å². The molecular formula is C25H32N6O4. The van der Waals surface area contributed by atoms with E-state index in [1.165, 1.54) is 50.6 Å². The van der Waals surface area contributed by atoms with Gasteiger partial charge in [-0.1, -0.05) is 32.1 Å². The molecule has 2 fully saturated rings. The third kappa shape index (κ3) is 6.68. The second-order valence-electron chi connectivity index (χ2n) is 9.06. The Hall–Kier alpha value is -3.69. The number of urea groups is 1. The Bertz CT molecular complexity index is 1030. The largest absolute Gasteiger partial charge is 0.478 e. The fraction of sp³-hybridized carbons (Fsp3) is 0.480. The van der Waals surface area contributed by atoms with E-state index < -0.39 is 5.91 Å². The van der Waals surface area contributed by atoms with Crippen molar-refractivity contribution in [2.75, 3.05) is 38.1 Å². The summed E-state index contributed by atoms with van der Waals surface area (Å²) in [6.45, 7) is 2.24. The van der Waals surface area contributed by atoms with E-state index in [9.17, 15) is 14.4 Å². The molecule has 3 heterocycles. The van der Waals surface area contributed by atoms with Crippen LogP contribution in [0.1, 0.15) is 59.2 Å². The van der Waals surface area contributed by atoms with Crippen molar-refractivity contribution in [3.05, 3.63) is 47.9 Å². The lowest BCUT2D eigenvalue weighted by Gasteiger charge is -2.34. The van der Waals surface area contributed by atoms with Crippen LogP contribution in [-0.4, -0.2) is 70.4 Å². The average molecular weight is 481 g/mol. The molecular weight excluding hydrogens is 448 g/mol. The first-order chi connectivity index (χ1) is 17.0. The lowest BCUT2D eigenvalue weighted by Crippen LogP contribution is -2.51. The summed E-state index contributed by atoms with van der Waals surface area (Å²) < 4.78 is 5.78. The lowest BCUT2D eigenvalue weighted by atomic mass is 9.87. The molecule has 4 rings (SSSR count). The van der Waals surface area contributed by atoms with Crippen molar-refractivity contribution in [1.29, 1.82) is 0 Å². The summed E-state index contributed by atoms with van der Waals surface area (Å²) in [6.07, 6.45) is 12.0. The fourth-order valence-corrected chi connectivity index (χ4v) is 4.54. The lowest BCUT2D eigenvalue weighted by molar-refractivity contribution is 0.0671. The minimum absolute atomic E-state index is 0.121. The number of carbonyl (C=O) groups is 3. The quantitative estimate of drug-likeness (QED) is 0.627. The Kier molecular flexibility index (Phi) is 8.12. The second kappa shape index (κ2) is 11.6. The summed E-state index contributed by atoms with van der Waals surface area (Å²) in [7, 11) is 0. The molecule has 0 spiro atoms. The van der Waals surface area contributed by atoms with Gasteiger partial charge in [0.15, 0.2) is 0 Å². The highest BCUT2D eigenvalue weighted by Crippen LogP contribution is 2.26. The van der Waals surface area contributed by atoms with E-state index >= 15 is 0 Å². The summed E-state index contributed by atoms with van der Waals surface area (Å²) >= 11 is 0. The number of aromatic nitrogens is 2. The van der Waals surface area contributed by atoms with E-state index in [-0.39, 0.29) is 17.5 Å². The van der Waals surface area contributed by atoms with Gasteiger partial charge in [0.25, 0.3) is 5.91 Å². The smallest absolute Gasteiger partial charge is 0.322 e. The molecule has 0 aromatic carbocycles. The SMILES string of the molecule is NC(=O)c1cncc(NC(=O)N2CCN(C(=O)c3ccc(OCCC4CCCCC4)nc3)CC2)c1. The highest BCUT2D eigenvalue weighted by molar-refractivity contribution is 5.96. The standard InChI is InChI=1S/C25H32N6O4/c26-23(32)20-14-21(17-27-15-20)29-25(34)31-11-9-30(10-12-31)24(33)19-6-7-22(28-16-19)35-13-8-18-4-2-1-3-5-18/h6-7,14-18H,1-5,8-13H2,(H2,26,32)(H,29,34). The predicted octanol–water partition coefficient (Wildman–Crippen LogP) is 2.91. The minimum atomic E-state index is -0.616. The zero-order valence-electron chi connectivity index (χ0n) is 19.8. The third-order valence-corrected chi connectivity index (χ3v) is 6.61. The number of amides is 4. The number of piperazine rings is 1. The molecule has 3 N–H and O–H groups in total. The Morgan fingerprint density at radius 3 is 2.40 bits per heavy atom. The highest BCUT2D eigenvalue weighted by atomic mass is 16.5. The zero-order valence-corrected chi connectivity index (χ0v) is 19.8. The van der Waals surface area contributed by atoms with E-state index in [4.69, 9.17) is 10.5 Å². The van der Waals surface area contributed by atoms with Crippen LogP contribution in [0.25, 0.3) is 0 Å². The summed E-state index contributed by atoms with van der Waals surface area (Å²) in [6, 6.07) is 4.63. The van der Waals surface area contributed by atoms with Crippen LogP contribution in [0, 0.1) is 5.92 Å². The normalized spacial score (nSPS) is 16.6. The molecule has 186 valence electrons. The summed E-state index contributed by atoms with van der Waals surface area (Å²) in [4.78, 5) is 48.3. The molecule has 2 aromatic heterocycles. The van der Waals surface area contributed by atoms with Crippen molar-refractivity contribution in [2.24, 2.45) is 11.7 Å². The molecule has 10 nitrogen and oxygen atoms in total. The van der Waals surface area contributed by atoms with Crippen molar-refractivity contribution in [3.63, 3.8) is 0 Å². The van der Waals surface area contributed by atoms with Gasteiger partial charge < -0.3 is 25.6 Å². The number of nitrogens with zero attached hydrogens (tertiary/aromatic N) is 4. The molecule has 0 atom stereocenters. The number of primary amides is 1. The first-order valence-electron chi connectivity index (χ1n) is 12.2. The third-order valence-electron chi connectivity index (χ3n) is 6.61. The molecule has 0 bridgehead atoms. The number of nitrogens with two attached hydrogens (primary N) is 1. The molecule has 1 aliphatic carbocycles. The van der Waals surface area contributed by atoms with Crippen LogP contribution in [0.5, 0.6) is 5.88 Å². The fourth-order valence-electron chi connectivity index (χ4n) is 4.54. The van der Waals surface area contributed by atoms with Crippen LogP contribution in [0.2, 0.25) is 0 Å². The number of hydrogen-bond acceptors (Lipinski definition) is 6. The maximum Gasteiger partial charge on any atom is 0.322 e. The van der Waals surface area contributed by atoms with E-state index in [0.29, 0.717) is 49.9 Å². The highest BCUT2D eigenvalue weighted by Gasteiger charge is 2.25. The number of anilines is 1. The van der Waals surface area contributed by atoms with Crippen LogP contribution in [0.4, 0.5) is 10.5 Å². The van der Waals surface area contributed by atoms with Crippen LogP contribution < -0.4 is 15.8 Å². The van der Waals surface area contributed by atoms with Crippen LogP contribution in [0.15, 0.2) is 36.8 Å². The zero-order chi connectivity index (χ0) is 24.6. The van der Waals surface area contributed by atoms with Gasteiger partial charge in [-0.05, 0) is 24.5 Å². The number of carbonyl (C=O) groups excluding carboxylic acids is 3. The van der Waals surface area contributed by atoms with Crippen molar-refractivity contribution >= 4 is 23.5 Å². The van der Waals surface area contributed by atoms with E-state index in [0.717, 1.165) is 12.3 Å². The first kappa shape index (κ1) is 24.4. The number of pyridine rings is 2. The minimum Gasteiger partial charge on any atom is -0.478 e. The van der Waals surface area contributed by atoms with Crippen LogP contribution >= 0.6 is 0 Å². The van der Waals surface area contributed by atoms with Crippen LogP contribution in [-0.2, 0) is 0 Å². The van der Waals surface area contributed by atoms with Gasteiger partial charge >= 0.3 is 6.03 Å². The molecule has 2 aliphatic rings. The molecule has 4 amide bonds. The van der Waals surface area contributed by atoms with Crippen molar-refractivity contribution in [3.8, 4) is 5.88 Å². The van der Waals surface area contributed by atoms with Gasteiger partial charge in [0.05, 0.1) is 29.6 Å². The Balaban J connectivity index is 1.22. The van der Waals surface area contributed by atoms with Crippen molar-refractivity contribution < 1.29 is 19.1 Å². The number of ether oxygens (including phenoxy) is 1. The first-order valence-corrected chi connectivity index (χ1v) is 12.2. The molecule has 0 unspecified atom stereocenters.